The molecule has 0 aromatic carbocycles. The summed E-state index contributed by atoms with van der Waals surface area (Å²) in [5, 5.41) is 8.88. The third-order valence-corrected chi connectivity index (χ3v) is 3.39. The smallest absolute Gasteiger partial charge is 0.317 e. The second-order valence-corrected chi connectivity index (χ2v) is 5.12. The van der Waals surface area contributed by atoms with Crippen LogP contribution in [-0.4, -0.2) is 52.5 Å². The van der Waals surface area contributed by atoms with Crippen LogP contribution in [0.3, 0.4) is 0 Å². The highest BCUT2D eigenvalue weighted by molar-refractivity contribution is 5.81. The van der Waals surface area contributed by atoms with Gasteiger partial charge in [-0.1, -0.05) is 6.08 Å². The number of aliphatic carboxylic acids is 1. The van der Waals surface area contributed by atoms with Gasteiger partial charge >= 0.3 is 5.97 Å². The predicted molar refractivity (Wildman–Crippen MR) is 73.7 cm³/mol. The van der Waals surface area contributed by atoms with Crippen LogP contribution in [0.15, 0.2) is 11.8 Å². The minimum Gasteiger partial charge on any atom is -0.480 e. The SMILES string of the molecule is CCN(C(=O)CN(CC(=O)O)C(C)C)C1=CCCC1. The van der Waals surface area contributed by atoms with Crippen molar-refractivity contribution in [1.29, 1.82) is 0 Å². The van der Waals surface area contributed by atoms with Crippen LogP contribution in [0.4, 0.5) is 0 Å². The summed E-state index contributed by atoms with van der Waals surface area (Å²) in [4.78, 5) is 26.6. The molecule has 0 radical (unpaired) electrons. The highest BCUT2D eigenvalue weighted by Gasteiger charge is 2.23. The first-order valence-corrected chi connectivity index (χ1v) is 6.91. The van der Waals surface area contributed by atoms with Gasteiger partial charge in [0.25, 0.3) is 0 Å². The first-order chi connectivity index (χ1) is 8.95. The van der Waals surface area contributed by atoms with E-state index in [2.05, 4.69) is 6.08 Å². The van der Waals surface area contributed by atoms with Gasteiger partial charge in [0.05, 0.1) is 13.1 Å². The summed E-state index contributed by atoms with van der Waals surface area (Å²) >= 11 is 0. The summed E-state index contributed by atoms with van der Waals surface area (Å²) in [6.07, 6.45) is 5.18. The molecule has 0 fully saturated rings. The number of hydrogen-bond acceptors (Lipinski definition) is 3. The van der Waals surface area contributed by atoms with Crippen LogP contribution in [-0.2, 0) is 9.59 Å². The Morgan fingerprint density at radius 1 is 1.37 bits per heavy atom. The van der Waals surface area contributed by atoms with Gasteiger partial charge in [0.2, 0.25) is 5.91 Å². The zero-order valence-corrected chi connectivity index (χ0v) is 12.1. The molecule has 1 rings (SSSR count). The zero-order valence-electron chi connectivity index (χ0n) is 12.1. The van der Waals surface area contributed by atoms with E-state index >= 15 is 0 Å². The summed E-state index contributed by atoms with van der Waals surface area (Å²) in [5.41, 5.74) is 1.09. The molecule has 5 nitrogen and oxygen atoms in total. The lowest BCUT2D eigenvalue weighted by molar-refractivity contribution is -0.140. The summed E-state index contributed by atoms with van der Waals surface area (Å²) in [5.74, 6) is -0.907. The van der Waals surface area contributed by atoms with Crippen LogP contribution in [0.5, 0.6) is 0 Å². The number of carbonyl (C=O) groups excluding carboxylic acids is 1. The number of carboxylic acids is 1. The van der Waals surface area contributed by atoms with Crippen molar-refractivity contribution < 1.29 is 14.7 Å². The average Bonchev–Trinajstić information content (AvgIpc) is 2.82. The van der Waals surface area contributed by atoms with Gasteiger partial charge in [-0.15, -0.1) is 0 Å². The van der Waals surface area contributed by atoms with E-state index in [4.69, 9.17) is 5.11 Å². The Morgan fingerprint density at radius 2 is 2.05 bits per heavy atom. The van der Waals surface area contributed by atoms with E-state index in [1.54, 1.807) is 9.80 Å². The van der Waals surface area contributed by atoms with E-state index < -0.39 is 5.97 Å². The van der Waals surface area contributed by atoms with Gasteiger partial charge in [-0.05, 0) is 40.0 Å². The Bertz CT molecular complexity index is 364. The number of likely N-dealkylation sites (N-methyl/N-ethyl adjacent to an activating group) is 1. The van der Waals surface area contributed by atoms with Crippen molar-refractivity contribution in [3.8, 4) is 0 Å². The molecule has 0 unspecified atom stereocenters. The van der Waals surface area contributed by atoms with Gasteiger partial charge in [-0.2, -0.15) is 0 Å². The quantitative estimate of drug-likeness (QED) is 0.763. The van der Waals surface area contributed by atoms with E-state index in [-0.39, 0.29) is 25.0 Å². The van der Waals surface area contributed by atoms with Crippen molar-refractivity contribution in [2.24, 2.45) is 0 Å². The van der Waals surface area contributed by atoms with Gasteiger partial charge in [0.1, 0.15) is 0 Å². The molecule has 1 aliphatic rings. The standard InChI is InChI=1S/C14H24N2O3/c1-4-16(12-7-5-6-8-12)13(17)9-15(11(2)3)10-14(18)19/h7,11H,4-6,8-10H2,1-3H3,(H,18,19). The average molecular weight is 268 g/mol. The van der Waals surface area contributed by atoms with E-state index in [0.29, 0.717) is 6.54 Å². The van der Waals surface area contributed by atoms with Gasteiger partial charge in [0, 0.05) is 18.3 Å². The van der Waals surface area contributed by atoms with Crippen molar-refractivity contribution in [1.82, 2.24) is 9.80 Å². The van der Waals surface area contributed by atoms with Gasteiger partial charge < -0.3 is 10.0 Å². The maximum Gasteiger partial charge on any atom is 0.317 e. The Balaban J connectivity index is 2.66. The minimum atomic E-state index is -0.898. The minimum absolute atomic E-state index is 0.00870. The number of hydrogen-bond donors (Lipinski definition) is 1. The highest BCUT2D eigenvalue weighted by atomic mass is 16.4. The molecule has 1 N–H and O–H groups in total. The Morgan fingerprint density at radius 3 is 2.47 bits per heavy atom. The number of nitrogens with zero attached hydrogens (tertiary/aromatic N) is 2. The van der Waals surface area contributed by atoms with E-state index in [1.165, 1.54) is 0 Å². The van der Waals surface area contributed by atoms with Crippen molar-refractivity contribution in [2.45, 2.75) is 46.1 Å². The number of amides is 1. The van der Waals surface area contributed by atoms with Crippen LogP contribution < -0.4 is 0 Å². The van der Waals surface area contributed by atoms with Crippen LogP contribution in [0.1, 0.15) is 40.0 Å². The molecule has 0 aliphatic heterocycles. The van der Waals surface area contributed by atoms with E-state index in [9.17, 15) is 9.59 Å². The number of rotatable bonds is 7. The maximum absolute atomic E-state index is 12.3. The molecular weight excluding hydrogens is 244 g/mol. The molecule has 0 spiro atoms. The Labute approximate surface area is 114 Å². The van der Waals surface area contributed by atoms with Crippen LogP contribution >= 0.6 is 0 Å². The fraction of sp³-hybridized carbons (Fsp3) is 0.714. The molecule has 19 heavy (non-hydrogen) atoms. The van der Waals surface area contributed by atoms with E-state index in [1.807, 2.05) is 20.8 Å². The lowest BCUT2D eigenvalue weighted by Crippen LogP contribution is -2.44. The lowest BCUT2D eigenvalue weighted by atomic mass is 10.2. The van der Waals surface area contributed by atoms with Crippen molar-refractivity contribution in [3.63, 3.8) is 0 Å². The van der Waals surface area contributed by atoms with Crippen molar-refractivity contribution in [3.05, 3.63) is 11.8 Å². The van der Waals surface area contributed by atoms with Crippen LogP contribution in [0.2, 0.25) is 0 Å². The van der Waals surface area contributed by atoms with Crippen LogP contribution in [0, 0.1) is 0 Å². The third kappa shape index (κ3) is 4.67. The highest BCUT2D eigenvalue weighted by Crippen LogP contribution is 2.21. The molecule has 0 heterocycles. The monoisotopic (exact) mass is 268 g/mol. The molecule has 0 bridgehead atoms. The largest absolute Gasteiger partial charge is 0.480 e. The molecule has 5 heteroatoms. The predicted octanol–water partition coefficient (Wildman–Crippen LogP) is 1.70. The maximum atomic E-state index is 12.3. The number of allylic oxidation sites excluding steroid dienone is 2. The van der Waals surface area contributed by atoms with Crippen LogP contribution in [0.25, 0.3) is 0 Å². The first-order valence-electron chi connectivity index (χ1n) is 6.91. The van der Waals surface area contributed by atoms with Crippen molar-refractivity contribution >= 4 is 11.9 Å². The summed E-state index contributed by atoms with van der Waals surface area (Å²) in [6.45, 7) is 6.47. The number of carbonyl (C=O) groups is 2. The molecule has 0 aromatic rings. The third-order valence-electron chi connectivity index (χ3n) is 3.39. The molecule has 1 aliphatic carbocycles. The van der Waals surface area contributed by atoms with Crippen molar-refractivity contribution in [2.75, 3.05) is 19.6 Å². The molecule has 108 valence electrons. The molecule has 0 aromatic heterocycles. The molecule has 0 saturated heterocycles. The first kappa shape index (κ1) is 15.7. The zero-order chi connectivity index (χ0) is 14.4. The topological polar surface area (TPSA) is 60.9 Å². The summed E-state index contributed by atoms with van der Waals surface area (Å²) < 4.78 is 0. The molecule has 0 saturated carbocycles. The fourth-order valence-electron chi connectivity index (χ4n) is 2.29. The number of carboxylic acid groups (broad SMARTS) is 1. The Kier molecular flexibility index (Phi) is 6.02. The second kappa shape index (κ2) is 7.28. The lowest BCUT2D eigenvalue weighted by Gasteiger charge is -2.28. The summed E-state index contributed by atoms with van der Waals surface area (Å²) in [7, 11) is 0. The molecule has 1 amide bonds. The Hall–Kier alpha value is -1.36. The second-order valence-electron chi connectivity index (χ2n) is 5.12. The van der Waals surface area contributed by atoms with Gasteiger partial charge in [0.15, 0.2) is 0 Å². The van der Waals surface area contributed by atoms with Gasteiger partial charge in [-0.25, -0.2) is 0 Å². The van der Waals surface area contributed by atoms with E-state index in [0.717, 1.165) is 25.0 Å². The molecule has 0 atom stereocenters. The van der Waals surface area contributed by atoms with Gasteiger partial charge in [-0.3, -0.25) is 14.5 Å². The summed E-state index contributed by atoms with van der Waals surface area (Å²) in [6, 6.07) is 0.0383. The normalized spacial score (nSPS) is 14.9. The molecular formula is C14H24N2O3. The fourth-order valence-corrected chi connectivity index (χ4v) is 2.29.